The molecule has 1 heterocycles. The lowest BCUT2D eigenvalue weighted by Crippen LogP contribution is -2.53. The van der Waals surface area contributed by atoms with E-state index in [9.17, 15) is 9.59 Å². The van der Waals surface area contributed by atoms with Crippen LogP contribution in [0.15, 0.2) is 11.3 Å². The Hall–Kier alpha value is -1.52. The van der Waals surface area contributed by atoms with Crippen molar-refractivity contribution in [2.75, 3.05) is 20.7 Å². The van der Waals surface area contributed by atoms with Gasteiger partial charge in [0.1, 0.15) is 0 Å². The molecule has 1 atom stereocenters. The van der Waals surface area contributed by atoms with Crippen molar-refractivity contribution in [1.29, 1.82) is 0 Å². The first-order valence-corrected chi connectivity index (χ1v) is 6.21. The van der Waals surface area contributed by atoms with Crippen LogP contribution in [0.5, 0.6) is 0 Å². The Morgan fingerprint density at radius 3 is 2.39 bits per heavy atom. The standard InChI is InChI=1S/C13H22N2O3/c1-7-18-12(16)10-9(4)14(5)13(17)15(6)11(10)8(2)3/h8,11H,7H2,1-6H3. The third-order valence-electron chi connectivity index (χ3n) is 3.32. The highest BCUT2D eigenvalue weighted by Crippen LogP contribution is 2.29. The minimum absolute atomic E-state index is 0.0979. The molecule has 0 spiro atoms. The summed E-state index contributed by atoms with van der Waals surface area (Å²) in [7, 11) is 3.39. The van der Waals surface area contributed by atoms with Crippen LogP contribution in [0.3, 0.4) is 0 Å². The molecule has 2 amide bonds. The van der Waals surface area contributed by atoms with E-state index in [1.807, 2.05) is 13.8 Å². The molecule has 0 fully saturated rings. The van der Waals surface area contributed by atoms with Gasteiger partial charge < -0.3 is 14.5 Å². The van der Waals surface area contributed by atoms with Crippen molar-refractivity contribution in [3.8, 4) is 0 Å². The number of esters is 1. The van der Waals surface area contributed by atoms with Crippen molar-refractivity contribution in [3.05, 3.63) is 11.3 Å². The average molecular weight is 254 g/mol. The normalized spacial score (nSPS) is 20.8. The molecule has 1 aliphatic rings. The van der Waals surface area contributed by atoms with E-state index < -0.39 is 0 Å². The van der Waals surface area contributed by atoms with Crippen LogP contribution in [-0.4, -0.2) is 48.5 Å². The second-order valence-electron chi connectivity index (χ2n) is 4.86. The zero-order valence-electron chi connectivity index (χ0n) is 12.0. The number of hydrogen-bond acceptors (Lipinski definition) is 3. The van der Waals surface area contributed by atoms with E-state index in [1.165, 1.54) is 4.90 Å². The Bertz CT molecular complexity index is 388. The van der Waals surface area contributed by atoms with Crippen molar-refractivity contribution < 1.29 is 14.3 Å². The van der Waals surface area contributed by atoms with E-state index in [1.54, 1.807) is 32.8 Å². The summed E-state index contributed by atoms with van der Waals surface area (Å²) in [5.41, 5.74) is 1.26. The molecule has 0 N–H and O–H groups in total. The van der Waals surface area contributed by atoms with Crippen molar-refractivity contribution >= 4 is 12.0 Å². The van der Waals surface area contributed by atoms with Crippen molar-refractivity contribution in [2.45, 2.75) is 33.7 Å². The number of likely N-dealkylation sites (N-methyl/N-ethyl adjacent to an activating group) is 1. The molecule has 0 aromatic carbocycles. The predicted molar refractivity (Wildman–Crippen MR) is 68.9 cm³/mol. The number of rotatable bonds is 3. The lowest BCUT2D eigenvalue weighted by molar-refractivity contribution is -0.139. The highest BCUT2D eigenvalue weighted by atomic mass is 16.5. The van der Waals surface area contributed by atoms with Gasteiger partial charge in [-0.2, -0.15) is 0 Å². The molecule has 0 saturated carbocycles. The van der Waals surface area contributed by atoms with E-state index >= 15 is 0 Å². The van der Waals surface area contributed by atoms with Crippen molar-refractivity contribution in [3.63, 3.8) is 0 Å². The van der Waals surface area contributed by atoms with E-state index in [0.29, 0.717) is 17.9 Å². The largest absolute Gasteiger partial charge is 0.463 e. The van der Waals surface area contributed by atoms with Crippen LogP contribution in [0.25, 0.3) is 0 Å². The summed E-state index contributed by atoms with van der Waals surface area (Å²) in [6.07, 6.45) is 0. The SMILES string of the molecule is CCOC(=O)C1=C(C)N(C)C(=O)N(C)C1C(C)C. The maximum atomic E-state index is 12.1. The maximum absolute atomic E-state index is 12.1. The second kappa shape index (κ2) is 5.42. The molecule has 18 heavy (non-hydrogen) atoms. The van der Waals surface area contributed by atoms with E-state index in [-0.39, 0.29) is 24.0 Å². The number of carbonyl (C=O) groups excluding carboxylic acids is 2. The molecular formula is C13H22N2O3. The summed E-state index contributed by atoms with van der Waals surface area (Å²) in [4.78, 5) is 27.2. The van der Waals surface area contributed by atoms with Crippen LogP contribution in [0.4, 0.5) is 4.79 Å². The Kier molecular flexibility index (Phi) is 4.38. The molecule has 1 unspecified atom stereocenters. The quantitative estimate of drug-likeness (QED) is 0.722. The Balaban J connectivity index is 3.27. The molecule has 0 aromatic rings. The van der Waals surface area contributed by atoms with Gasteiger partial charge in [0.15, 0.2) is 0 Å². The molecule has 5 heteroatoms. The van der Waals surface area contributed by atoms with Crippen molar-refractivity contribution in [2.24, 2.45) is 5.92 Å². The lowest BCUT2D eigenvalue weighted by Gasteiger charge is -2.41. The van der Waals surface area contributed by atoms with Crippen molar-refractivity contribution in [1.82, 2.24) is 9.80 Å². The van der Waals surface area contributed by atoms with Gasteiger partial charge >= 0.3 is 12.0 Å². The number of ether oxygens (including phenoxy) is 1. The number of nitrogens with zero attached hydrogens (tertiary/aromatic N) is 2. The molecule has 1 rings (SSSR count). The van der Waals surface area contributed by atoms with Crippen LogP contribution in [-0.2, 0) is 9.53 Å². The topological polar surface area (TPSA) is 49.9 Å². The maximum Gasteiger partial charge on any atom is 0.337 e. The van der Waals surface area contributed by atoms with Gasteiger partial charge in [-0.15, -0.1) is 0 Å². The molecule has 0 aliphatic carbocycles. The van der Waals surface area contributed by atoms with Gasteiger partial charge in [-0.3, -0.25) is 0 Å². The number of allylic oxidation sites excluding steroid dienone is 1. The third kappa shape index (κ3) is 2.35. The Labute approximate surface area is 108 Å². The second-order valence-corrected chi connectivity index (χ2v) is 4.86. The zero-order chi connectivity index (χ0) is 14.0. The Morgan fingerprint density at radius 1 is 1.39 bits per heavy atom. The summed E-state index contributed by atoms with van der Waals surface area (Å²) in [5.74, 6) is -0.179. The van der Waals surface area contributed by atoms with E-state index in [0.717, 1.165) is 0 Å². The monoisotopic (exact) mass is 254 g/mol. The van der Waals surface area contributed by atoms with Gasteiger partial charge in [0.25, 0.3) is 0 Å². The molecule has 5 nitrogen and oxygen atoms in total. The fraction of sp³-hybridized carbons (Fsp3) is 0.692. The fourth-order valence-corrected chi connectivity index (χ4v) is 2.35. The molecule has 0 bridgehead atoms. The summed E-state index contributed by atoms with van der Waals surface area (Å²) < 4.78 is 5.10. The fourth-order valence-electron chi connectivity index (χ4n) is 2.35. The van der Waals surface area contributed by atoms with Gasteiger partial charge in [0, 0.05) is 19.8 Å². The third-order valence-corrected chi connectivity index (χ3v) is 3.32. The summed E-state index contributed by atoms with van der Waals surface area (Å²) in [5, 5.41) is 0. The smallest absolute Gasteiger partial charge is 0.337 e. The van der Waals surface area contributed by atoms with E-state index in [2.05, 4.69) is 0 Å². The highest BCUT2D eigenvalue weighted by Gasteiger charge is 2.39. The summed E-state index contributed by atoms with van der Waals surface area (Å²) >= 11 is 0. The molecule has 1 aliphatic heterocycles. The highest BCUT2D eigenvalue weighted by molar-refractivity contribution is 5.94. The molecule has 0 aromatic heterocycles. The lowest BCUT2D eigenvalue weighted by atomic mass is 9.91. The van der Waals surface area contributed by atoms with Crippen LogP contribution in [0, 0.1) is 5.92 Å². The number of carbonyl (C=O) groups is 2. The number of hydrogen-bond donors (Lipinski definition) is 0. The van der Waals surface area contributed by atoms with Gasteiger partial charge in [-0.05, 0) is 19.8 Å². The Morgan fingerprint density at radius 2 is 1.94 bits per heavy atom. The summed E-state index contributed by atoms with van der Waals surface area (Å²) in [6.45, 7) is 7.88. The molecule has 0 saturated heterocycles. The van der Waals surface area contributed by atoms with E-state index in [4.69, 9.17) is 4.74 Å². The van der Waals surface area contributed by atoms with Crippen LogP contribution >= 0.6 is 0 Å². The first-order valence-electron chi connectivity index (χ1n) is 6.21. The van der Waals surface area contributed by atoms with Gasteiger partial charge in [0.2, 0.25) is 0 Å². The molecular weight excluding hydrogens is 232 g/mol. The zero-order valence-corrected chi connectivity index (χ0v) is 12.0. The number of amides is 2. The average Bonchev–Trinajstić information content (AvgIpc) is 2.30. The predicted octanol–water partition coefficient (Wildman–Crippen LogP) is 1.85. The number of urea groups is 1. The summed E-state index contributed by atoms with van der Waals surface area (Å²) in [6, 6.07) is -0.327. The first-order chi connectivity index (χ1) is 8.32. The van der Waals surface area contributed by atoms with Gasteiger partial charge in [-0.25, -0.2) is 9.59 Å². The molecule has 102 valence electrons. The first kappa shape index (κ1) is 14.5. The van der Waals surface area contributed by atoms with Gasteiger partial charge in [-0.1, -0.05) is 13.8 Å². The van der Waals surface area contributed by atoms with Crippen LogP contribution in [0.2, 0.25) is 0 Å². The minimum Gasteiger partial charge on any atom is -0.463 e. The van der Waals surface area contributed by atoms with Gasteiger partial charge in [0.05, 0.1) is 18.2 Å². The minimum atomic E-state index is -0.333. The van der Waals surface area contributed by atoms with Crippen LogP contribution < -0.4 is 0 Å². The van der Waals surface area contributed by atoms with Crippen LogP contribution in [0.1, 0.15) is 27.7 Å². The molecule has 0 radical (unpaired) electrons.